The van der Waals surface area contributed by atoms with Crippen molar-refractivity contribution >= 4 is 11.6 Å². The second-order valence-corrected chi connectivity index (χ2v) is 3.85. The summed E-state index contributed by atoms with van der Waals surface area (Å²) < 4.78 is 10.4. The standard InChI is InChI=1S/C13H20N2O3/c1-4-18-9-8-15(2)13(16)12-10(14)6-5-7-11(12)17-3/h5-7H,4,8-9,14H2,1-3H3. The summed E-state index contributed by atoms with van der Waals surface area (Å²) in [5, 5.41) is 0. The molecule has 2 N–H and O–H groups in total. The van der Waals surface area contributed by atoms with Gasteiger partial charge in [0.1, 0.15) is 11.3 Å². The Kier molecular flexibility index (Phi) is 5.45. The first-order valence-corrected chi connectivity index (χ1v) is 5.87. The summed E-state index contributed by atoms with van der Waals surface area (Å²) in [5.41, 5.74) is 6.65. The molecule has 0 saturated carbocycles. The number of nitrogen functional groups attached to an aromatic ring is 1. The first kappa shape index (κ1) is 14.3. The molecule has 0 heterocycles. The minimum absolute atomic E-state index is 0.162. The highest BCUT2D eigenvalue weighted by Gasteiger charge is 2.19. The molecule has 5 nitrogen and oxygen atoms in total. The second-order valence-electron chi connectivity index (χ2n) is 3.85. The van der Waals surface area contributed by atoms with Gasteiger partial charge >= 0.3 is 0 Å². The molecule has 0 fully saturated rings. The maximum Gasteiger partial charge on any atom is 0.259 e. The van der Waals surface area contributed by atoms with Gasteiger partial charge in [-0.15, -0.1) is 0 Å². The van der Waals surface area contributed by atoms with Crippen LogP contribution in [0.25, 0.3) is 0 Å². The summed E-state index contributed by atoms with van der Waals surface area (Å²) >= 11 is 0. The van der Waals surface area contributed by atoms with Crippen LogP contribution in [0.4, 0.5) is 5.69 Å². The van der Waals surface area contributed by atoms with E-state index in [0.717, 1.165) is 0 Å². The Morgan fingerprint density at radius 1 is 1.44 bits per heavy atom. The lowest BCUT2D eigenvalue weighted by atomic mass is 10.1. The predicted molar refractivity (Wildman–Crippen MR) is 70.9 cm³/mol. The lowest BCUT2D eigenvalue weighted by molar-refractivity contribution is 0.0708. The van der Waals surface area contributed by atoms with E-state index in [2.05, 4.69) is 0 Å². The fraction of sp³-hybridized carbons (Fsp3) is 0.462. The second kappa shape index (κ2) is 6.86. The van der Waals surface area contributed by atoms with E-state index in [0.29, 0.717) is 36.8 Å². The van der Waals surface area contributed by atoms with Crippen molar-refractivity contribution in [2.75, 3.05) is 39.6 Å². The third-order valence-electron chi connectivity index (χ3n) is 2.61. The van der Waals surface area contributed by atoms with Crippen LogP contribution >= 0.6 is 0 Å². The topological polar surface area (TPSA) is 64.8 Å². The average Bonchev–Trinajstić information content (AvgIpc) is 2.37. The number of benzene rings is 1. The Labute approximate surface area is 107 Å². The smallest absolute Gasteiger partial charge is 0.259 e. The molecular weight excluding hydrogens is 232 g/mol. The first-order chi connectivity index (χ1) is 8.61. The van der Waals surface area contributed by atoms with E-state index in [4.69, 9.17) is 15.2 Å². The lowest BCUT2D eigenvalue weighted by Crippen LogP contribution is -2.31. The normalized spacial score (nSPS) is 10.2. The third-order valence-corrected chi connectivity index (χ3v) is 2.61. The van der Waals surface area contributed by atoms with Crippen molar-refractivity contribution in [1.29, 1.82) is 0 Å². The van der Waals surface area contributed by atoms with E-state index < -0.39 is 0 Å². The van der Waals surface area contributed by atoms with Gasteiger partial charge in [-0.25, -0.2) is 0 Å². The number of nitrogens with zero attached hydrogens (tertiary/aromatic N) is 1. The largest absolute Gasteiger partial charge is 0.496 e. The molecule has 0 aliphatic heterocycles. The minimum Gasteiger partial charge on any atom is -0.496 e. The van der Waals surface area contributed by atoms with E-state index in [1.54, 1.807) is 30.1 Å². The molecule has 1 amide bonds. The molecule has 0 atom stereocenters. The number of nitrogens with two attached hydrogens (primary N) is 1. The zero-order valence-electron chi connectivity index (χ0n) is 11.1. The van der Waals surface area contributed by atoms with Crippen molar-refractivity contribution in [3.8, 4) is 5.75 Å². The SMILES string of the molecule is CCOCCN(C)C(=O)c1c(N)cccc1OC. The van der Waals surface area contributed by atoms with Crippen molar-refractivity contribution in [2.24, 2.45) is 0 Å². The molecule has 0 aromatic heterocycles. The van der Waals surface area contributed by atoms with E-state index in [-0.39, 0.29) is 5.91 Å². The number of anilines is 1. The molecule has 0 radical (unpaired) electrons. The molecular formula is C13H20N2O3. The Morgan fingerprint density at radius 3 is 2.78 bits per heavy atom. The number of ether oxygens (including phenoxy) is 2. The van der Waals surface area contributed by atoms with Gasteiger partial charge in [0.25, 0.3) is 5.91 Å². The number of methoxy groups -OCH3 is 1. The number of rotatable bonds is 6. The molecule has 0 spiro atoms. The Morgan fingerprint density at radius 2 is 2.17 bits per heavy atom. The summed E-state index contributed by atoms with van der Waals surface area (Å²) in [5.74, 6) is 0.327. The first-order valence-electron chi connectivity index (χ1n) is 5.87. The third kappa shape index (κ3) is 3.37. The highest BCUT2D eigenvalue weighted by atomic mass is 16.5. The van der Waals surface area contributed by atoms with Gasteiger partial charge in [0.2, 0.25) is 0 Å². The van der Waals surface area contributed by atoms with Gasteiger partial charge in [0, 0.05) is 25.9 Å². The van der Waals surface area contributed by atoms with E-state index in [9.17, 15) is 4.79 Å². The van der Waals surface area contributed by atoms with E-state index in [1.165, 1.54) is 7.11 Å². The van der Waals surface area contributed by atoms with Crippen LogP contribution < -0.4 is 10.5 Å². The van der Waals surface area contributed by atoms with Crippen molar-refractivity contribution in [1.82, 2.24) is 4.90 Å². The van der Waals surface area contributed by atoms with Crippen LogP contribution in [0.5, 0.6) is 5.75 Å². The fourth-order valence-electron chi connectivity index (χ4n) is 1.59. The Bertz CT molecular complexity index is 407. The summed E-state index contributed by atoms with van der Waals surface area (Å²) in [7, 11) is 3.24. The van der Waals surface area contributed by atoms with Crippen LogP contribution in [0.15, 0.2) is 18.2 Å². The fourth-order valence-corrected chi connectivity index (χ4v) is 1.59. The van der Waals surface area contributed by atoms with Gasteiger partial charge in [-0.2, -0.15) is 0 Å². The molecule has 0 unspecified atom stereocenters. The number of hydrogen-bond acceptors (Lipinski definition) is 4. The molecule has 0 saturated heterocycles. The number of likely N-dealkylation sites (N-methyl/N-ethyl adjacent to an activating group) is 1. The van der Waals surface area contributed by atoms with Gasteiger partial charge in [0.05, 0.1) is 13.7 Å². The van der Waals surface area contributed by atoms with Crippen LogP contribution in [-0.4, -0.2) is 44.7 Å². The zero-order chi connectivity index (χ0) is 13.5. The average molecular weight is 252 g/mol. The summed E-state index contributed by atoms with van der Waals surface area (Å²) in [4.78, 5) is 13.8. The Hall–Kier alpha value is -1.75. The summed E-state index contributed by atoms with van der Waals surface area (Å²) in [6, 6.07) is 5.16. The molecule has 1 rings (SSSR count). The van der Waals surface area contributed by atoms with E-state index >= 15 is 0 Å². The van der Waals surface area contributed by atoms with E-state index in [1.807, 2.05) is 6.92 Å². The Balaban J connectivity index is 2.83. The molecule has 100 valence electrons. The molecule has 0 aliphatic carbocycles. The van der Waals surface area contributed by atoms with Gasteiger partial charge < -0.3 is 20.1 Å². The zero-order valence-corrected chi connectivity index (χ0v) is 11.1. The van der Waals surface area contributed by atoms with Crippen LogP contribution in [0.1, 0.15) is 17.3 Å². The van der Waals surface area contributed by atoms with Gasteiger partial charge in [-0.3, -0.25) is 4.79 Å². The number of hydrogen-bond donors (Lipinski definition) is 1. The van der Waals surface area contributed by atoms with Crippen molar-refractivity contribution in [3.63, 3.8) is 0 Å². The summed E-state index contributed by atoms with van der Waals surface area (Å²) in [6.45, 7) is 3.58. The molecule has 0 bridgehead atoms. The summed E-state index contributed by atoms with van der Waals surface area (Å²) in [6.07, 6.45) is 0. The molecule has 0 aliphatic rings. The van der Waals surface area contributed by atoms with Crippen LogP contribution in [0.3, 0.4) is 0 Å². The highest BCUT2D eigenvalue weighted by molar-refractivity contribution is 6.01. The van der Waals surface area contributed by atoms with Gasteiger partial charge in [-0.05, 0) is 19.1 Å². The van der Waals surface area contributed by atoms with Crippen molar-refractivity contribution in [2.45, 2.75) is 6.92 Å². The number of carbonyl (C=O) groups excluding carboxylic acids is 1. The highest BCUT2D eigenvalue weighted by Crippen LogP contribution is 2.25. The van der Waals surface area contributed by atoms with Crippen LogP contribution in [0.2, 0.25) is 0 Å². The van der Waals surface area contributed by atoms with Crippen LogP contribution in [0, 0.1) is 0 Å². The van der Waals surface area contributed by atoms with Crippen molar-refractivity contribution < 1.29 is 14.3 Å². The van der Waals surface area contributed by atoms with Gasteiger partial charge in [-0.1, -0.05) is 6.07 Å². The maximum atomic E-state index is 12.2. The predicted octanol–water partition coefficient (Wildman–Crippen LogP) is 1.39. The van der Waals surface area contributed by atoms with Crippen LogP contribution in [-0.2, 0) is 4.74 Å². The minimum atomic E-state index is -0.162. The molecule has 1 aromatic rings. The quantitative estimate of drug-likeness (QED) is 0.613. The number of carbonyl (C=O) groups is 1. The number of amides is 1. The monoisotopic (exact) mass is 252 g/mol. The molecule has 18 heavy (non-hydrogen) atoms. The van der Waals surface area contributed by atoms with Crippen molar-refractivity contribution in [3.05, 3.63) is 23.8 Å². The molecule has 1 aromatic carbocycles. The lowest BCUT2D eigenvalue weighted by Gasteiger charge is -2.19. The maximum absolute atomic E-state index is 12.2. The van der Waals surface area contributed by atoms with Gasteiger partial charge in [0.15, 0.2) is 0 Å². The molecule has 5 heteroatoms.